The molecule has 0 bridgehead atoms. The number of nitro benzene ring substituents is 1. The Bertz CT molecular complexity index is 1220. The average Bonchev–Trinajstić information content (AvgIpc) is 3.09. The van der Waals surface area contributed by atoms with Gasteiger partial charge in [0.25, 0.3) is 17.5 Å². The maximum atomic E-state index is 13.1. The van der Waals surface area contributed by atoms with E-state index in [-0.39, 0.29) is 37.9 Å². The molecule has 0 radical (unpaired) electrons. The van der Waals surface area contributed by atoms with Crippen molar-refractivity contribution in [1.82, 2.24) is 0 Å². The van der Waals surface area contributed by atoms with E-state index in [9.17, 15) is 28.9 Å². The van der Waals surface area contributed by atoms with Crippen molar-refractivity contribution in [3.63, 3.8) is 0 Å². The number of halogens is 1. The molecule has 0 aliphatic heterocycles. The van der Waals surface area contributed by atoms with Crippen LogP contribution in [0.1, 0.15) is 36.0 Å². The minimum Gasteiger partial charge on any atom is -0.465 e. The highest BCUT2D eigenvalue weighted by molar-refractivity contribution is 7.19. The van der Waals surface area contributed by atoms with Gasteiger partial charge >= 0.3 is 5.97 Å². The smallest absolute Gasteiger partial charge is 0.341 e. The molecule has 3 aromatic rings. The molecule has 0 atom stereocenters. The molecule has 2 amide bonds. The Morgan fingerprint density at radius 1 is 1.06 bits per heavy atom. The summed E-state index contributed by atoms with van der Waals surface area (Å²) in [6.07, 6.45) is 0. The minimum absolute atomic E-state index is 0.00264. The SMILES string of the molecule is COC(=O)c1c(NC(=O)c2ccc(F)cc2)sc(C(=O)Nc2cccc([N+](=O)[O-])c2)c1C. The molecular weight excluding hydrogens is 441 g/mol. The number of ether oxygens (including phenoxy) is 1. The van der Waals surface area contributed by atoms with E-state index >= 15 is 0 Å². The van der Waals surface area contributed by atoms with Crippen LogP contribution in [-0.4, -0.2) is 29.8 Å². The Morgan fingerprint density at radius 2 is 1.75 bits per heavy atom. The summed E-state index contributed by atoms with van der Waals surface area (Å²) in [5, 5.41) is 16.1. The Kier molecular flexibility index (Phi) is 6.59. The van der Waals surface area contributed by atoms with Gasteiger partial charge in [0.05, 0.1) is 22.5 Å². The first kappa shape index (κ1) is 22.6. The van der Waals surface area contributed by atoms with Crippen LogP contribution in [0.5, 0.6) is 0 Å². The second-order valence-electron chi connectivity index (χ2n) is 6.47. The molecule has 0 saturated carbocycles. The summed E-state index contributed by atoms with van der Waals surface area (Å²) in [6, 6.07) is 10.2. The molecule has 0 spiro atoms. The Labute approximate surface area is 185 Å². The fourth-order valence-electron chi connectivity index (χ4n) is 2.83. The van der Waals surface area contributed by atoms with Gasteiger partial charge in [-0.05, 0) is 42.8 Å². The van der Waals surface area contributed by atoms with Crippen LogP contribution in [-0.2, 0) is 4.74 Å². The standard InChI is InChI=1S/C21H16FN3O6S/c1-11-16(21(28)31-2)20(24-18(26)12-6-8-13(22)9-7-12)32-17(11)19(27)23-14-4-3-5-15(10-14)25(29)30/h3-10H,1-2H3,(H,23,27)(H,24,26). The number of methoxy groups -OCH3 is 1. The number of non-ortho nitro benzene ring substituents is 1. The van der Waals surface area contributed by atoms with E-state index in [1.807, 2.05) is 0 Å². The number of nitro groups is 1. The highest BCUT2D eigenvalue weighted by Crippen LogP contribution is 2.34. The number of anilines is 2. The molecule has 0 saturated heterocycles. The Morgan fingerprint density at radius 3 is 2.38 bits per heavy atom. The van der Waals surface area contributed by atoms with E-state index in [4.69, 9.17) is 4.74 Å². The van der Waals surface area contributed by atoms with Crippen molar-refractivity contribution in [2.75, 3.05) is 17.7 Å². The number of esters is 1. The molecule has 0 aliphatic rings. The third-order valence-electron chi connectivity index (χ3n) is 4.39. The molecule has 1 aromatic heterocycles. The van der Waals surface area contributed by atoms with Gasteiger partial charge in [-0.1, -0.05) is 6.07 Å². The van der Waals surface area contributed by atoms with Gasteiger partial charge in [-0.15, -0.1) is 11.3 Å². The fourth-order valence-corrected chi connectivity index (χ4v) is 3.91. The summed E-state index contributed by atoms with van der Waals surface area (Å²) in [6.45, 7) is 1.51. The lowest BCUT2D eigenvalue weighted by atomic mass is 10.1. The predicted molar refractivity (Wildman–Crippen MR) is 116 cm³/mol. The lowest BCUT2D eigenvalue weighted by Crippen LogP contribution is -2.14. The zero-order valence-electron chi connectivity index (χ0n) is 16.8. The molecule has 2 aromatic carbocycles. The van der Waals surface area contributed by atoms with Gasteiger partial charge < -0.3 is 15.4 Å². The van der Waals surface area contributed by atoms with Crippen molar-refractivity contribution in [1.29, 1.82) is 0 Å². The molecule has 0 aliphatic carbocycles. The summed E-state index contributed by atoms with van der Waals surface area (Å²) in [4.78, 5) is 48.1. The van der Waals surface area contributed by atoms with Gasteiger partial charge in [0, 0.05) is 23.4 Å². The Balaban J connectivity index is 1.92. The van der Waals surface area contributed by atoms with Gasteiger partial charge in [0.2, 0.25) is 0 Å². The summed E-state index contributed by atoms with van der Waals surface area (Å²) >= 11 is 0.841. The molecule has 0 fully saturated rings. The monoisotopic (exact) mass is 457 g/mol. The molecule has 32 heavy (non-hydrogen) atoms. The molecule has 9 nitrogen and oxygen atoms in total. The van der Waals surface area contributed by atoms with Gasteiger partial charge in [-0.25, -0.2) is 9.18 Å². The second kappa shape index (κ2) is 9.35. The number of hydrogen-bond donors (Lipinski definition) is 2. The topological polar surface area (TPSA) is 128 Å². The van der Waals surface area contributed by atoms with Crippen molar-refractivity contribution in [2.45, 2.75) is 6.92 Å². The van der Waals surface area contributed by atoms with Gasteiger partial charge in [0.15, 0.2) is 0 Å². The van der Waals surface area contributed by atoms with Crippen molar-refractivity contribution >= 4 is 45.5 Å². The first-order valence-electron chi connectivity index (χ1n) is 9.05. The first-order valence-corrected chi connectivity index (χ1v) is 9.87. The van der Waals surface area contributed by atoms with Crippen LogP contribution < -0.4 is 10.6 Å². The lowest BCUT2D eigenvalue weighted by molar-refractivity contribution is -0.384. The number of thiophene rings is 1. The summed E-state index contributed by atoms with van der Waals surface area (Å²) in [5.74, 6) is -2.51. The third-order valence-corrected chi connectivity index (χ3v) is 5.60. The molecule has 164 valence electrons. The zero-order chi connectivity index (χ0) is 23.4. The molecule has 0 unspecified atom stereocenters. The predicted octanol–water partition coefficient (Wildman–Crippen LogP) is 4.40. The van der Waals surface area contributed by atoms with Gasteiger partial charge in [0.1, 0.15) is 10.8 Å². The van der Waals surface area contributed by atoms with Crippen LogP contribution in [0.15, 0.2) is 48.5 Å². The number of hydrogen-bond acceptors (Lipinski definition) is 7. The van der Waals surface area contributed by atoms with Crippen molar-refractivity contribution in [3.8, 4) is 0 Å². The van der Waals surface area contributed by atoms with E-state index in [0.717, 1.165) is 30.6 Å². The largest absolute Gasteiger partial charge is 0.465 e. The van der Waals surface area contributed by atoms with Crippen molar-refractivity contribution < 1.29 is 28.4 Å². The number of amides is 2. The maximum Gasteiger partial charge on any atom is 0.341 e. The maximum absolute atomic E-state index is 13.1. The molecule has 1 heterocycles. The summed E-state index contributed by atoms with van der Waals surface area (Å²) < 4.78 is 17.9. The quantitative estimate of drug-likeness (QED) is 0.321. The van der Waals surface area contributed by atoms with Crippen LogP contribution in [0.3, 0.4) is 0 Å². The molecule has 2 N–H and O–H groups in total. The summed E-state index contributed by atoms with van der Waals surface area (Å²) in [5.41, 5.74) is 0.397. The van der Waals surface area contributed by atoms with Crippen LogP contribution in [0.25, 0.3) is 0 Å². The van der Waals surface area contributed by atoms with Crippen LogP contribution in [0.4, 0.5) is 20.8 Å². The van der Waals surface area contributed by atoms with Gasteiger partial charge in [-0.3, -0.25) is 19.7 Å². The minimum atomic E-state index is -0.762. The van der Waals surface area contributed by atoms with E-state index < -0.39 is 28.5 Å². The number of rotatable bonds is 6. The highest BCUT2D eigenvalue weighted by atomic mass is 32.1. The van der Waals surface area contributed by atoms with E-state index in [2.05, 4.69) is 10.6 Å². The lowest BCUT2D eigenvalue weighted by Gasteiger charge is -2.06. The second-order valence-corrected chi connectivity index (χ2v) is 7.50. The molecule has 11 heteroatoms. The number of carbonyl (C=O) groups is 3. The number of benzene rings is 2. The van der Waals surface area contributed by atoms with E-state index in [1.165, 1.54) is 43.3 Å². The van der Waals surface area contributed by atoms with Crippen LogP contribution >= 0.6 is 11.3 Å². The Hall–Kier alpha value is -4.12. The van der Waals surface area contributed by atoms with Gasteiger partial charge in [-0.2, -0.15) is 0 Å². The van der Waals surface area contributed by atoms with Crippen LogP contribution in [0, 0.1) is 22.9 Å². The normalized spacial score (nSPS) is 10.3. The molecular formula is C21H16FN3O6S. The summed E-state index contributed by atoms with van der Waals surface area (Å²) in [7, 11) is 1.16. The highest BCUT2D eigenvalue weighted by Gasteiger charge is 2.27. The number of carbonyl (C=O) groups excluding carboxylic acids is 3. The first-order chi connectivity index (χ1) is 15.2. The fraction of sp³-hybridized carbons (Fsp3) is 0.0952. The van der Waals surface area contributed by atoms with E-state index in [0.29, 0.717) is 0 Å². The third kappa shape index (κ3) is 4.78. The number of nitrogens with one attached hydrogen (secondary N) is 2. The van der Waals surface area contributed by atoms with E-state index in [1.54, 1.807) is 0 Å². The zero-order valence-corrected chi connectivity index (χ0v) is 17.6. The average molecular weight is 457 g/mol. The molecule has 3 rings (SSSR count). The van der Waals surface area contributed by atoms with Crippen LogP contribution in [0.2, 0.25) is 0 Å². The van der Waals surface area contributed by atoms with Crippen molar-refractivity contribution in [2.24, 2.45) is 0 Å². The number of nitrogens with zero attached hydrogens (tertiary/aromatic N) is 1. The van der Waals surface area contributed by atoms with Crippen molar-refractivity contribution in [3.05, 3.63) is 86.0 Å².